The Hall–Kier alpha value is -1.32. The first kappa shape index (κ1) is 14.7. The van der Waals surface area contributed by atoms with Crippen molar-refractivity contribution in [1.82, 2.24) is 10.2 Å². The summed E-state index contributed by atoms with van der Waals surface area (Å²) in [5, 5.41) is 2.82. The van der Waals surface area contributed by atoms with Crippen molar-refractivity contribution >= 4 is 11.8 Å². The van der Waals surface area contributed by atoms with Crippen molar-refractivity contribution in [1.29, 1.82) is 0 Å². The van der Waals surface area contributed by atoms with Gasteiger partial charge in [0.25, 0.3) is 0 Å². The van der Waals surface area contributed by atoms with E-state index in [4.69, 9.17) is 0 Å². The van der Waals surface area contributed by atoms with Crippen LogP contribution >= 0.6 is 0 Å². The van der Waals surface area contributed by atoms with Crippen molar-refractivity contribution in [3.63, 3.8) is 0 Å². The van der Waals surface area contributed by atoms with E-state index in [0.29, 0.717) is 18.9 Å². The number of carbonyl (C=O) groups excluding carboxylic acids is 2. The van der Waals surface area contributed by atoms with Gasteiger partial charge in [-0.15, -0.1) is 0 Å². The van der Waals surface area contributed by atoms with Crippen molar-refractivity contribution < 1.29 is 9.59 Å². The van der Waals surface area contributed by atoms with Gasteiger partial charge in [-0.25, -0.2) is 0 Å². The van der Waals surface area contributed by atoms with E-state index < -0.39 is 0 Å². The van der Waals surface area contributed by atoms with Crippen molar-refractivity contribution in [2.75, 3.05) is 6.54 Å². The number of nitrogens with zero attached hydrogens (tertiary/aromatic N) is 1. The van der Waals surface area contributed by atoms with E-state index in [1.54, 1.807) is 11.8 Å². The summed E-state index contributed by atoms with van der Waals surface area (Å²) < 4.78 is 0. The monoisotopic (exact) mass is 252 g/mol. The predicted molar refractivity (Wildman–Crippen MR) is 72.0 cm³/mol. The van der Waals surface area contributed by atoms with Crippen LogP contribution in [-0.2, 0) is 9.59 Å². The molecule has 0 radical (unpaired) electrons. The first-order valence-electron chi connectivity index (χ1n) is 6.69. The van der Waals surface area contributed by atoms with Gasteiger partial charge < -0.3 is 10.2 Å². The topological polar surface area (TPSA) is 49.4 Å². The summed E-state index contributed by atoms with van der Waals surface area (Å²) >= 11 is 0. The lowest BCUT2D eigenvalue weighted by Crippen LogP contribution is -2.62. The van der Waals surface area contributed by atoms with Crippen molar-refractivity contribution in [3.8, 4) is 0 Å². The molecule has 0 bridgehead atoms. The zero-order valence-electron chi connectivity index (χ0n) is 11.8. The van der Waals surface area contributed by atoms with E-state index >= 15 is 0 Å². The molecular weight excluding hydrogens is 228 g/mol. The minimum Gasteiger partial charge on any atom is -0.343 e. The number of hydrogen-bond donors (Lipinski definition) is 1. The molecule has 1 heterocycles. The van der Waals surface area contributed by atoms with Crippen molar-refractivity contribution in [2.45, 2.75) is 52.6 Å². The minimum absolute atomic E-state index is 0.0410. The molecule has 1 aliphatic rings. The first-order valence-corrected chi connectivity index (χ1v) is 6.69. The molecule has 102 valence electrons. The van der Waals surface area contributed by atoms with Crippen LogP contribution in [-0.4, -0.2) is 35.3 Å². The van der Waals surface area contributed by atoms with Crippen LogP contribution in [0.3, 0.4) is 0 Å². The van der Waals surface area contributed by atoms with Crippen LogP contribution in [0.25, 0.3) is 0 Å². The third-order valence-corrected chi connectivity index (χ3v) is 3.22. The Kier molecular flexibility index (Phi) is 5.38. The smallest absolute Gasteiger partial charge is 0.245 e. The second-order valence-corrected chi connectivity index (χ2v) is 5.26. The molecule has 0 aromatic carbocycles. The maximum absolute atomic E-state index is 12.3. The summed E-state index contributed by atoms with van der Waals surface area (Å²) in [7, 11) is 0. The second-order valence-electron chi connectivity index (χ2n) is 5.26. The van der Waals surface area contributed by atoms with Gasteiger partial charge in [0, 0.05) is 6.54 Å². The van der Waals surface area contributed by atoms with Gasteiger partial charge >= 0.3 is 0 Å². The summed E-state index contributed by atoms with van der Waals surface area (Å²) in [5.41, 5.74) is 0. The maximum atomic E-state index is 12.3. The fraction of sp³-hybridized carbons (Fsp3) is 0.714. The van der Waals surface area contributed by atoms with Crippen LogP contribution in [0.4, 0.5) is 0 Å². The number of allylic oxidation sites excluding steroid dienone is 1. The summed E-state index contributed by atoms with van der Waals surface area (Å²) in [6, 6.07) is -0.703. The molecule has 4 nitrogen and oxygen atoms in total. The van der Waals surface area contributed by atoms with E-state index in [2.05, 4.69) is 19.2 Å². The highest BCUT2D eigenvalue weighted by atomic mass is 16.2. The number of hydrogen-bond acceptors (Lipinski definition) is 2. The molecule has 0 aromatic heterocycles. The lowest BCUT2D eigenvalue weighted by molar-refractivity contribution is -0.149. The zero-order valence-corrected chi connectivity index (χ0v) is 11.8. The standard InChI is InChI=1S/C14H24N2O2/c1-5-6-7-8-16-11(4)13(17)15-12(14(16)18)9-10(2)3/h5-6,10-12H,7-9H2,1-4H3,(H,15,17)/b6-5+. The SMILES string of the molecule is C/C=C/CCN1C(=O)C(CC(C)C)NC(=O)C1C. The number of piperazine rings is 1. The van der Waals surface area contributed by atoms with Crippen molar-refractivity contribution in [2.24, 2.45) is 5.92 Å². The average molecular weight is 252 g/mol. The molecule has 2 unspecified atom stereocenters. The molecule has 0 aromatic rings. The minimum atomic E-state index is -0.355. The second kappa shape index (κ2) is 6.57. The summed E-state index contributed by atoms with van der Waals surface area (Å²) in [4.78, 5) is 25.9. The fourth-order valence-electron chi connectivity index (χ4n) is 2.20. The molecule has 2 amide bonds. The fourth-order valence-corrected chi connectivity index (χ4v) is 2.20. The van der Waals surface area contributed by atoms with Crippen LogP contribution in [0.15, 0.2) is 12.2 Å². The normalized spacial score (nSPS) is 25.1. The molecule has 0 aliphatic carbocycles. The highest BCUT2D eigenvalue weighted by molar-refractivity contribution is 5.96. The molecule has 1 saturated heterocycles. The summed E-state index contributed by atoms with van der Waals surface area (Å²) in [5.74, 6) is 0.408. The highest BCUT2D eigenvalue weighted by Gasteiger charge is 2.37. The van der Waals surface area contributed by atoms with Crippen LogP contribution < -0.4 is 5.32 Å². The van der Waals surface area contributed by atoms with E-state index in [1.165, 1.54) is 0 Å². The highest BCUT2D eigenvalue weighted by Crippen LogP contribution is 2.15. The molecule has 1 fully saturated rings. The first-order chi connectivity index (χ1) is 8.47. The van der Waals surface area contributed by atoms with Gasteiger partial charge in [0.15, 0.2) is 0 Å². The van der Waals surface area contributed by atoms with E-state index in [0.717, 1.165) is 6.42 Å². The average Bonchev–Trinajstić information content (AvgIpc) is 2.30. The van der Waals surface area contributed by atoms with Crippen LogP contribution in [0.1, 0.15) is 40.5 Å². The van der Waals surface area contributed by atoms with E-state index in [-0.39, 0.29) is 23.9 Å². The lowest BCUT2D eigenvalue weighted by atomic mass is 9.99. The number of rotatable bonds is 5. The summed E-state index contributed by atoms with van der Waals surface area (Å²) in [6.45, 7) is 8.47. The zero-order chi connectivity index (χ0) is 13.7. The Balaban J connectivity index is 2.72. The number of carbonyl (C=O) groups is 2. The molecule has 0 spiro atoms. The van der Waals surface area contributed by atoms with Crippen LogP contribution in [0.2, 0.25) is 0 Å². The third-order valence-electron chi connectivity index (χ3n) is 3.22. The Morgan fingerprint density at radius 1 is 1.39 bits per heavy atom. The summed E-state index contributed by atoms with van der Waals surface area (Å²) in [6.07, 6.45) is 5.49. The molecular formula is C14H24N2O2. The van der Waals surface area contributed by atoms with Gasteiger partial charge in [0.1, 0.15) is 12.1 Å². The quantitative estimate of drug-likeness (QED) is 0.757. The van der Waals surface area contributed by atoms with Crippen LogP contribution in [0.5, 0.6) is 0 Å². The lowest BCUT2D eigenvalue weighted by Gasteiger charge is -2.37. The molecule has 4 heteroatoms. The molecule has 1 N–H and O–H groups in total. The largest absolute Gasteiger partial charge is 0.343 e. The molecule has 0 saturated carbocycles. The van der Waals surface area contributed by atoms with Gasteiger partial charge in [0.2, 0.25) is 11.8 Å². The Morgan fingerprint density at radius 2 is 2.06 bits per heavy atom. The molecule has 18 heavy (non-hydrogen) atoms. The number of nitrogens with one attached hydrogen (secondary N) is 1. The number of amides is 2. The third kappa shape index (κ3) is 3.59. The van der Waals surface area contributed by atoms with Crippen LogP contribution in [0, 0.1) is 5.92 Å². The Morgan fingerprint density at radius 3 is 2.61 bits per heavy atom. The molecule has 1 aliphatic heterocycles. The van der Waals surface area contributed by atoms with Gasteiger partial charge in [-0.05, 0) is 32.6 Å². The van der Waals surface area contributed by atoms with Crippen molar-refractivity contribution in [3.05, 3.63) is 12.2 Å². The molecule has 1 rings (SSSR count). The Labute approximate surface area is 109 Å². The van der Waals surface area contributed by atoms with E-state index in [1.807, 2.05) is 19.1 Å². The predicted octanol–water partition coefficient (Wildman–Crippen LogP) is 1.71. The Bertz CT molecular complexity index is 337. The van der Waals surface area contributed by atoms with Gasteiger partial charge in [-0.1, -0.05) is 26.0 Å². The maximum Gasteiger partial charge on any atom is 0.245 e. The molecule has 2 atom stereocenters. The van der Waals surface area contributed by atoms with Gasteiger partial charge in [0.05, 0.1) is 0 Å². The van der Waals surface area contributed by atoms with Gasteiger partial charge in [-0.3, -0.25) is 9.59 Å². The van der Waals surface area contributed by atoms with Gasteiger partial charge in [-0.2, -0.15) is 0 Å². The van der Waals surface area contributed by atoms with E-state index in [9.17, 15) is 9.59 Å².